The molecule has 1 N–H and O–H groups in total. The second-order valence-corrected chi connectivity index (χ2v) is 6.33. The SMILES string of the molecule is CCOC(=O)C1CCN(C(=O)C(=O)Nc2ccc3ccccc3c2)CC1. The van der Waals surface area contributed by atoms with E-state index < -0.39 is 11.8 Å². The van der Waals surface area contributed by atoms with E-state index in [4.69, 9.17) is 4.74 Å². The van der Waals surface area contributed by atoms with Gasteiger partial charge in [0.1, 0.15) is 0 Å². The molecule has 0 radical (unpaired) electrons. The van der Waals surface area contributed by atoms with Crippen LogP contribution in [-0.2, 0) is 19.1 Å². The fourth-order valence-corrected chi connectivity index (χ4v) is 3.17. The third-order valence-electron chi connectivity index (χ3n) is 4.60. The molecular weight excluding hydrogens is 332 g/mol. The summed E-state index contributed by atoms with van der Waals surface area (Å²) in [6.45, 7) is 2.89. The Morgan fingerprint density at radius 2 is 1.77 bits per heavy atom. The average molecular weight is 354 g/mol. The minimum atomic E-state index is -0.658. The molecule has 2 amide bonds. The van der Waals surface area contributed by atoms with Crippen LogP contribution >= 0.6 is 0 Å². The number of amides is 2. The van der Waals surface area contributed by atoms with E-state index in [-0.39, 0.29) is 11.9 Å². The number of hydrogen-bond acceptors (Lipinski definition) is 4. The molecule has 2 aromatic carbocycles. The van der Waals surface area contributed by atoms with Gasteiger partial charge in [0, 0.05) is 18.8 Å². The van der Waals surface area contributed by atoms with E-state index in [2.05, 4.69) is 5.32 Å². The van der Waals surface area contributed by atoms with Crippen molar-refractivity contribution >= 4 is 34.2 Å². The second kappa shape index (κ2) is 7.99. The highest BCUT2D eigenvalue weighted by atomic mass is 16.5. The lowest BCUT2D eigenvalue weighted by atomic mass is 9.97. The van der Waals surface area contributed by atoms with Crippen LogP contribution in [0.5, 0.6) is 0 Å². The van der Waals surface area contributed by atoms with Crippen LogP contribution in [0.25, 0.3) is 10.8 Å². The predicted molar refractivity (Wildman–Crippen MR) is 98.5 cm³/mol. The number of hydrogen-bond donors (Lipinski definition) is 1. The summed E-state index contributed by atoms with van der Waals surface area (Å²) >= 11 is 0. The van der Waals surface area contributed by atoms with Crippen molar-refractivity contribution in [3.8, 4) is 0 Å². The molecule has 1 saturated heterocycles. The number of likely N-dealkylation sites (tertiary alicyclic amines) is 1. The Hall–Kier alpha value is -2.89. The van der Waals surface area contributed by atoms with Gasteiger partial charge in [-0.1, -0.05) is 30.3 Å². The molecule has 0 unspecified atom stereocenters. The van der Waals surface area contributed by atoms with Crippen LogP contribution in [0, 0.1) is 5.92 Å². The topological polar surface area (TPSA) is 75.7 Å². The number of nitrogens with zero attached hydrogens (tertiary/aromatic N) is 1. The lowest BCUT2D eigenvalue weighted by Gasteiger charge is -2.30. The Bertz CT molecular complexity index is 825. The molecule has 0 aliphatic carbocycles. The number of nitrogens with one attached hydrogen (secondary N) is 1. The summed E-state index contributed by atoms with van der Waals surface area (Å²) in [5.74, 6) is -1.64. The summed E-state index contributed by atoms with van der Waals surface area (Å²) in [5, 5.41) is 4.72. The number of carbonyl (C=O) groups is 3. The average Bonchev–Trinajstić information content (AvgIpc) is 2.67. The van der Waals surface area contributed by atoms with Crippen molar-refractivity contribution in [2.24, 2.45) is 5.92 Å². The zero-order chi connectivity index (χ0) is 18.5. The fraction of sp³-hybridized carbons (Fsp3) is 0.350. The number of ether oxygens (including phenoxy) is 1. The van der Waals surface area contributed by atoms with Gasteiger partial charge in [0.2, 0.25) is 0 Å². The molecule has 6 heteroatoms. The Kier molecular flexibility index (Phi) is 5.51. The Labute approximate surface area is 152 Å². The van der Waals surface area contributed by atoms with Crippen molar-refractivity contribution in [3.63, 3.8) is 0 Å². The van der Waals surface area contributed by atoms with Crippen molar-refractivity contribution in [1.29, 1.82) is 0 Å². The first kappa shape index (κ1) is 17.9. The van der Waals surface area contributed by atoms with Crippen molar-refractivity contribution in [2.45, 2.75) is 19.8 Å². The standard InChI is InChI=1S/C20H22N2O4/c1-2-26-20(25)15-9-11-22(12-10-15)19(24)18(23)21-17-8-7-14-5-3-4-6-16(14)13-17/h3-8,13,15H,2,9-12H2,1H3,(H,21,23). The van der Waals surface area contributed by atoms with E-state index in [0.29, 0.717) is 38.2 Å². The molecule has 1 heterocycles. The highest BCUT2D eigenvalue weighted by Crippen LogP contribution is 2.21. The van der Waals surface area contributed by atoms with Crippen molar-refractivity contribution in [1.82, 2.24) is 4.90 Å². The van der Waals surface area contributed by atoms with E-state index in [0.717, 1.165) is 10.8 Å². The maximum atomic E-state index is 12.4. The van der Waals surface area contributed by atoms with Crippen LogP contribution in [0.15, 0.2) is 42.5 Å². The van der Waals surface area contributed by atoms with Crippen LogP contribution in [-0.4, -0.2) is 42.4 Å². The smallest absolute Gasteiger partial charge is 0.313 e. The van der Waals surface area contributed by atoms with E-state index in [1.807, 2.05) is 36.4 Å². The summed E-state index contributed by atoms with van der Waals surface area (Å²) in [5.41, 5.74) is 0.587. The highest BCUT2D eigenvalue weighted by Gasteiger charge is 2.30. The lowest BCUT2D eigenvalue weighted by Crippen LogP contribution is -2.45. The van der Waals surface area contributed by atoms with Gasteiger partial charge in [-0.25, -0.2) is 0 Å². The van der Waals surface area contributed by atoms with Gasteiger partial charge in [0.25, 0.3) is 0 Å². The fourth-order valence-electron chi connectivity index (χ4n) is 3.17. The third kappa shape index (κ3) is 4.02. The van der Waals surface area contributed by atoms with Crippen LogP contribution in [0.4, 0.5) is 5.69 Å². The Morgan fingerprint density at radius 3 is 2.46 bits per heavy atom. The van der Waals surface area contributed by atoms with Gasteiger partial charge in [-0.3, -0.25) is 14.4 Å². The van der Waals surface area contributed by atoms with E-state index in [1.165, 1.54) is 4.90 Å². The Balaban J connectivity index is 1.58. The monoisotopic (exact) mass is 354 g/mol. The lowest BCUT2D eigenvalue weighted by molar-refractivity contribution is -0.152. The van der Waals surface area contributed by atoms with Gasteiger partial charge in [0.05, 0.1) is 12.5 Å². The molecule has 1 fully saturated rings. The number of rotatable bonds is 3. The summed E-state index contributed by atoms with van der Waals surface area (Å²) in [6.07, 6.45) is 1.04. The maximum absolute atomic E-state index is 12.4. The zero-order valence-electron chi connectivity index (χ0n) is 14.7. The molecule has 1 aliphatic rings. The van der Waals surface area contributed by atoms with Crippen molar-refractivity contribution in [3.05, 3.63) is 42.5 Å². The third-order valence-corrected chi connectivity index (χ3v) is 4.60. The number of anilines is 1. The van der Waals surface area contributed by atoms with Gasteiger partial charge in [-0.15, -0.1) is 0 Å². The quantitative estimate of drug-likeness (QED) is 0.679. The van der Waals surface area contributed by atoms with Crippen LogP contribution in [0.2, 0.25) is 0 Å². The summed E-state index contributed by atoms with van der Waals surface area (Å²) in [7, 11) is 0. The van der Waals surface area contributed by atoms with Gasteiger partial charge in [-0.2, -0.15) is 0 Å². The minimum absolute atomic E-state index is 0.192. The van der Waals surface area contributed by atoms with Gasteiger partial charge >= 0.3 is 17.8 Å². The van der Waals surface area contributed by atoms with Gasteiger partial charge in [0.15, 0.2) is 0 Å². The van der Waals surface area contributed by atoms with E-state index >= 15 is 0 Å². The largest absolute Gasteiger partial charge is 0.466 e. The summed E-state index contributed by atoms with van der Waals surface area (Å²) < 4.78 is 5.02. The molecule has 136 valence electrons. The number of piperidine rings is 1. The number of esters is 1. The molecule has 1 aliphatic heterocycles. The molecule has 6 nitrogen and oxygen atoms in total. The second-order valence-electron chi connectivity index (χ2n) is 6.33. The molecule has 0 spiro atoms. The summed E-state index contributed by atoms with van der Waals surface area (Å²) in [6, 6.07) is 13.3. The first-order valence-electron chi connectivity index (χ1n) is 8.84. The minimum Gasteiger partial charge on any atom is -0.466 e. The predicted octanol–water partition coefficient (Wildman–Crippen LogP) is 2.58. The highest BCUT2D eigenvalue weighted by molar-refractivity contribution is 6.39. The molecule has 26 heavy (non-hydrogen) atoms. The van der Waals surface area contributed by atoms with Gasteiger partial charge in [-0.05, 0) is 42.7 Å². The summed E-state index contributed by atoms with van der Waals surface area (Å²) in [4.78, 5) is 37.9. The first-order chi connectivity index (χ1) is 12.6. The normalized spacial score (nSPS) is 14.9. The zero-order valence-corrected chi connectivity index (χ0v) is 14.7. The molecule has 0 aromatic heterocycles. The number of carbonyl (C=O) groups excluding carboxylic acids is 3. The van der Waals surface area contributed by atoms with Crippen molar-refractivity contribution < 1.29 is 19.1 Å². The molecule has 2 aromatic rings. The van der Waals surface area contributed by atoms with Crippen LogP contribution in [0.3, 0.4) is 0 Å². The van der Waals surface area contributed by atoms with E-state index in [1.54, 1.807) is 13.0 Å². The maximum Gasteiger partial charge on any atom is 0.313 e. The molecule has 3 rings (SSSR count). The Morgan fingerprint density at radius 1 is 1.08 bits per heavy atom. The van der Waals surface area contributed by atoms with E-state index in [9.17, 15) is 14.4 Å². The molecular formula is C20H22N2O4. The van der Waals surface area contributed by atoms with Crippen molar-refractivity contribution in [2.75, 3.05) is 25.0 Å². The number of benzene rings is 2. The number of fused-ring (bicyclic) bond motifs is 1. The van der Waals surface area contributed by atoms with Crippen LogP contribution in [0.1, 0.15) is 19.8 Å². The molecule has 0 saturated carbocycles. The van der Waals surface area contributed by atoms with Crippen LogP contribution < -0.4 is 5.32 Å². The first-order valence-corrected chi connectivity index (χ1v) is 8.84. The van der Waals surface area contributed by atoms with Gasteiger partial charge < -0.3 is 15.0 Å². The molecule has 0 bridgehead atoms. The molecule has 0 atom stereocenters.